The molecule has 5 nitrogen and oxygen atoms in total. The lowest BCUT2D eigenvalue weighted by atomic mass is 9.83. The Hall–Kier alpha value is -0.940. The molecule has 0 saturated heterocycles. The zero-order valence-electron chi connectivity index (χ0n) is 12.1. The lowest BCUT2D eigenvalue weighted by molar-refractivity contribution is 0.190. The average Bonchev–Trinajstić information content (AvgIpc) is 2.82. The van der Waals surface area contributed by atoms with Crippen molar-refractivity contribution in [1.82, 2.24) is 20.1 Å². The summed E-state index contributed by atoms with van der Waals surface area (Å²) in [7, 11) is 1.73. The summed E-state index contributed by atoms with van der Waals surface area (Å²) in [5.41, 5.74) is 0.216. The molecule has 0 saturated carbocycles. The van der Waals surface area contributed by atoms with Gasteiger partial charge in [0.05, 0.1) is 6.61 Å². The van der Waals surface area contributed by atoms with Crippen LogP contribution in [0.15, 0.2) is 6.33 Å². The minimum atomic E-state index is 0.216. The smallest absolute Gasteiger partial charge is 0.138 e. The summed E-state index contributed by atoms with van der Waals surface area (Å²) in [5.74, 6) is 1.08. The molecule has 1 atom stereocenters. The van der Waals surface area contributed by atoms with E-state index in [-0.39, 0.29) is 5.41 Å². The van der Waals surface area contributed by atoms with E-state index in [1.807, 2.05) is 4.68 Å². The highest BCUT2D eigenvalue weighted by atomic mass is 16.5. The molecule has 0 fully saturated rings. The van der Waals surface area contributed by atoms with Crippen molar-refractivity contribution in [1.29, 1.82) is 0 Å². The van der Waals surface area contributed by atoms with Crippen molar-refractivity contribution in [3.63, 3.8) is 0 Å². The van der Waals surface area contributed by atoms with Gasteiger partial charge in [-0.1, -0.05) is 13.8 Å². The Balaban J connectivity index is 2.53. The van der Waals surface area contributed by atoms with Gasteiger partial charge >= 0.3 is 0 Å². The van der Waals surface area contributed by atoms with Crippen molar-refractivity contribution in [3.8, 4) is 0 Å². The van der Waals surface area contributed by atoms with Gasteiger partial charge in [-0.15, -0.1) is 0 Å². The normalized spacial score (nSPS) is 14.7. The predicted molar refractivity (Wildman–Crippen MR) is 72.5 cm³/mol. The summed E-state index contributed by atoms with van der Waals surface area (Å²) in [6.45, 7) is 10.1. The lowest BCUT2D eigenvalue weighted by Gasteiger charge is -2.28. The van der Waals surface area contributed by atoms with Crippen molar-refractivity contribution in [3.05, 3.63) is 12.2 Å². The van der Waals surface area contributed by atoms with Gasteiger partial charge in [-0.25, -0.2) is 4.98 Å². The van der Waals surface area contributed by atoms with Crippen molar-refractivity contribution in [2.45, 2.75) is 40.2 Å². The lowest BCUT2D eigenvalue weighted by Crippen LogP contribution is -2.35. The van der Waals surface area contributed by atoms with E-state index in [4.69, 9.17) is 4.74 Å². The molecule has 1 unspecified atom stereocenters. The van der Waals surface area contributed by atoms with Gasteiger partial charge in [-0.05, 0) is 18.8 Å². The first-order chi connectivity index (χ1) is 8.65. The van der Waals surface area contributed by atoms with Crippen LogP contribution in [0.25, 0.3) is 0 Å². The van der Waals surface area contributed by atoms with Crippen LogP contribution in [-0.4, -0.2) is 41.6 Å². The standard InChI is InChI=1S/C13H26N4O/c1-5-13(3,10-14-7-8-18-4)9-12-15-11-16-17(12)6-2/h11,14H,5-10H2,1-4H3. The maximum atomic E-state index is 5.04. The SMILES string of the molecule is CCn1ncnc1CC(C)(CC)CNCCOC. The number of aryl methyl sites for hydroxylation is 1. The second-order valence-electron chi connectivity index (χ2n) is 5.00. The van der Waals surface area contributed by atoms with Gasteiger partial charge in [0.25, 0.3) is 0 Å². The van der Waals surface area contributed by atoms with E-state index in [2.05, 4.69) is 36.2 Å². The third-order valence-electron chi connectivity index (χ3n) is 3.47. The highest BCUT2D eigenvalue weighted by Crippen LogP contribution is 2.24. The summed E-state index contributed by atoms with van der Waals surface area (Å²) < 4.78 is 7.02. The monoisotopic (exact) mass is 254 g/mol. The minimum absolute atomic E-state index is 0.216. The molecule has 1 heterocycles. The molecule has 0 aliphatic carbocycles. The number of methoxy groups -OCH3 is 1. The predicted octanol–water partition coefficient (Wildman–Crippen LogP) is 1.49. The topological polar surface area (TPSA) is 52.0 Å². The Morgan fingerprint density at radius 2 is 2.22 bits per heavy atom. The third kappa shape index (κ3) is 4.38. The zero-order valence-corrected chi connectivity index (χ0v) is 12.1. The maximum Gasteiger partial charge on any atom is 0.138 e. The fourth-order valence-electron chi connectivity index (χ4n) is 1.95. The number of aromatic nitrogens is 3. The van der Waals surface area contributed by atoms with E-state index >= 15 is 0 Å². The molecule has 18 heavy (non-hydrogen) atoms. The van der Waals surface area contributed by atoms with Crippen LogP contribution in [0.4, 0.5) is 0 Å². The van der Waals surface area contributed by atoms with E-state index in [9.17, 15) is 0 Å². The zero-order chi connectivity index (χ0) is 13.4. The third-order valence-corrected chi connectivity index (χ3v) is 3.47. The molecule has 0 aromatic carbocycles. The quantitative estimate of drug-likeness (QED) is 0.678. The Kier molecular flexibility index (Phi) is 6.29. The van der Waals surface area contributed by atoms with Gasteiger partial charge in [0.1, 0.15) is 12.2 Å². The van der Waals surface area contributed by atoms with E-state index in [1.165, 1.54) is 0 Å². The largest absolute Gasteiger partial charge is 0.383 e. The molecule has 0 aliphatic heterocycles. The molecular formula is C13H26N4O. The first-order valence-electron chi connectivity index (χ1n) is 6.71. The van der Waals surface area contributed by atoms with Crippen LogP contribution in [0.5, 0.6) is 0 Å². The molecule has 0 spiro atoms. The second-order valence-corrected chi connectivity index (χ2v) is 5.00. The van der Waals surface area contributed by atoms with Gasteiger partial charge in [-0.2, -0.15) is 5.10 Å². The van der Waals surface area contributed by atoms with Crippen LogP contribution in [0.3, 0.4) is 0 Å². The summed E-state index contributed by atoms with van der Waals surface area (Å²) in [6, 6.07) is 0. The average molecular weight is 254 g/mol. The molecular weight excluding hydrogens is 228 g/mol. The minimum Gasteiger partial charge on any atom is -0.383 e. The summed E-state index contributed by atoms with van der Waals surface area (Å²) in [5, 5.41) is 7.67. The fourth-order valence-corrected chi connectivity index (χ4v) is 1.95. The van der Waals surface area contributed by atoms with E-state index < -0.39 is 0 Å². The Morgan fingerprint density at radius 3 is 2.83 bits per heavy atom. The van der Waals surface area contributed by atoms with Gasteiger partial charge in [0, 0.05) is 33.2 Å². The number of ether oxygens (including phenoxy) is 1. The summed E-state index contributed by atoms with van der Waals surface area (Å²) >= 11 is 0. The molecule has 5 heteroatoms. The first-order valence-corrected chi connectivity index (χ1v) is 6.71. The first kappa shape index (κ1) is 15.1. The molecule has 1 aromatic rings. The molecule has 0 radical (unpaired) electrons. The molecule has 0 amide bonds. The van der Waals surface area contributed by atoms with Crippen molar-refractivity contribution >= 4 is 0 Å². The van der Waals surface area contributed by atoms with Crippen molar-refractivity contribution in [2.75, 3.05) is 26.8 Å². The molecule has 104 valence electrons. The van der Waals surface area contributed by atoms with Crippen molar-refractivity contribution < 1.29 is 4.74 Å². The van der Waals surface area contributed by atoms with Crippen LogP contribution in [-0.2, 0) is 17.7 Å². The Bertz CT molecular complexity index is 339. The number of rotatable bonds is 9. The van der Waals surface area contributed by atoms with Crippen LogP contribution in [0, 0.1) is 5.41 Å². The number of hydrogen-bond donors (Lipinski definition) is 1. The van der Waals surface area contributed by atoms with Gasteiger partial charge in [0.2, 0.25) is 0 Å². The van der Waals surface area contributed by atoms with Gasteiger partial charge in [0.15, 0.2) is 0 Å². The second kappa shape index (κ2) is 7.48. The van der Waals surface area contributed by atoms with E-state index in [1.54, 1.807) is 13.4 Å². The van der Waals surface area contributed by atoms with Gasteiger partial charge in [-0.3, -0.25) is 4.68 Å². The summed E-state index contributed by atoms with van der Waals surface area (Å²) in [6.07, 6.45) is 3.72. The Labute approximate surface area is 110 Å². The molecule has 0 aliphatic rings. The molecule has 0 bridgehead atoms. The van der Waals surface area contributed by atoms with Crippen LogP contribution >= 0.6 is 0 Å². The molecule has 1 rings (SSSR count). The van der Waals surface area contributed by atoms with Gasteiger partial charge < -0.3 is 10.1 Å². The van der Waals surface area contributed by atoms with Crippen LogP contribution < -0.4 is 5.32 Å². The van der Waals surface area contributed by atoms with Crippen molar-refractivity contribution in [2.24, 2.45) is 5.41 Å². The fraction of sp³-hybridized carbons (Fsp3) is 0.846. The number of nitrogens with one attached hydrogen (secondary N) is 1. The van der Waals surface area contributed by atoms with Crippen LogP contribution in [0.1, 0.15) is 33.0 Å². The Morgan fingerprint density at radius 1 is 1.44 bits per heavy atom. The molecule has 1 N–H and O–H groups in total. The van der Waals surface area contributed by atoms with E-state index in [0.717, 1.165) is 44.9 Å². The maximum absolute atomic E-state index is 5.04. The molecule has 1 aromatic heterocycles. The highest BCUT2D eigenvalue weighted by Gasteiger charge is 2.24. The summed E-state index contributed by atoms with van der Waals surface area (Å²) in [4.78, 5) is 4.36. The highest BCUT2D eigenvalue weighted by molar-refractivity contribution is 4.93. The number of hydrogen-bond acceptors (Lipinski definition) is 4. The van der Waals surface area contributed by atoms with Crippen LogP contribution in [0.2, 0.25) is 0 Å². The number of nitrogens with zero attached hydrogens (tertiary/aromatic N) is 3. The van der Waals surface area contributed by atoms with E-state index in [0.29, 0.717) is 0 Å².